The van der Waals surface area contributed by atoms with Gasteiger partial charge in [0.2, 0.25) is 5.91 Å². The van der Waals surface area contributed by atoms with Crippen LogP contribution < -0.4 is 10.6 Å². The van der Waals surface area contributed by atoms with E-state index in [1.165, 1.54) is 4.88 Å². The molecule has 0 aliphatic carbocycles. The monoisotopic (exact) mass is 282 g/mol. The van der Waals surface area contributed by atoms with E-state index < -0.39 is 0 Å². The molecule has 1 aromatic heterocycles. The Morgan fingerprint density at radius 3 is 3.00 bits per heavy atom. The Labute approximate surface area is 118 Å². The fourth-order valence-corrected chi connectivity index (χ4v) is 3.12. The van der Waals surface area contributed by atoms with Crippen molar-refractivity contribution in [2.45, 2.75) is 37.8 Å². The van der Waals surface area contributed by atoms with E-state index in [4.69, 9.17) is 4.74 Å². The van der Waals surface area contributed by atoms with Gasteiger partial charge in [-0.3, -0.25) is 4.79 Å². The first-order valence-corrected chi connectivity index (χ1v) is 7.49. The molecule has 0 radical (unpaired) electrons. The molecule has 2 unspecified atom stereocenters. The zero-order valence-electron chi connectivity index (χ0n) is 11.7. The highest BCUT2D eigenvalue weighted by Gasteiger charge is 2.30. The zero-order valence-corrected chi connectivity index (χ0v) is 12.5. The molecule has 1 aliphatic rings. The van der Waals surface area contributed by atoms with Gasteiger partial charge < -0.3 is 15.4 Å². The van der Waals surface area contributed by atoms with E-state index in [-0.39, 0.29) is 23.5 Å². The number of thiophene rings is 1. The molecule has 1 amide bonds. The summed E-state index contributed by atoms with van der Waals surface area (Å²) in [6.07, 6.45) is 0.906. The molecule has 0 saturated carbocycles. The van der Waals surface area contributed by atoms with Gasteiger partial charge in [-0.25, -0.2) is 0 Å². The van der Waals surface area contributed by atoms with E-state index in [2.05, 4.69) is 35.9 Å². The Morgan fingerprint density at radius 2 is 2.42 bits per heavy atom. The van der Waals surface area contributed by atoms with Gasteiger partial charge in [0, 0.05) is 30.5 Å². The summed E-state index contributed by atoms with van der Waals surface area (Å²) >= 11 is 1.73. The Bertz CT molecular complexity index is 417. The number of nitrogens with one attached hydrogen (secondary N) is 2. The van der Waals surface area contributed by atoms with E-state index in [0.29, 0.717) is 6.54 Å². The highest BCUT2D eigenvalue weighted by molar-refractivity contribution is 7.10. The lowest BCUT2D eigenvalue weighted by Crippen LogP contribution is -2.44. The molecule has 1 aliphatic heterocycles. The van der Waals surface area contributed by atoms with Crippen molar-refractivity contribution in [3.05, 3.63) is 22.4 Å². The number of hydrogen-bond acceptors (Lipinski definition) is 4. The van der Waals surface area contributed by atoms with Crippen LogP contribution in [0.15, 0.2) is 17.5 Å². The van der Waals surface area contributed by atoms with Gasteiger partial charge in [0.15, 0.2) is 0 Å². The van der Waals surface area contributed by atoms with E-state index in [1.54, 1.807) is 18.4 Å². The summed E-state index contributed by atoms with van der Waals surface area (Å²) in [6.45, 7) is 5.71. The lowest BCUT2D eigenvalue weighted by molar-refractivity contribution is -0.123. The van der Waals surface area contributed by atoms with Crippen LogP contribution >= 0.6 is 11.3 Å². The third-order valence-corrected chi connectivity index (χ3v) is 4.87. The molecule has 0 aromatic carbocycles. The predicted molar refractivity (Wildman–Crippen MR) is 77.6 cm³/mol. The van der Waals surface area contributed by atoms with Crippen LogP contribution in [0.25, 0.3) is 0 Å². The van der Waals surface area contributed by atoms with Gasteiger partial charge in [0.1, 0.15) is 0 Å². The van der Waals surface area contributed by atoms with Gasteiger partial charge in [0.25, 0.3) is 0 Å². The number of rotatable bonds is 5. The minimum absolute atomic E-state index is 0.0247. The third kappa shape index (κ3) is 3.55. The fraction of sp³-hybridized carbons (Fsp3) is 0.643. The third-order valence-electron chi connectivity index (χ3n) is 3.63. The standard InChI is InChI=1S/C14H22N2O2S/c1-14(2,12-5-4-6-19-12)9-16-13(17)11-7-10(18-3)8-15-11/h4-6,10-11,15H,7-9H2,1-3H3,(H,16,17). The largest absolute Gasteiger partial charge is 0.380 e. The topological polar surface area (TPSA) is 50.4 Å². The van der Waals surface area contributed by atoms with Crippen LogP contribution in [-0.4, -0.2) is 38.3 Å². The molecule has 2 N–H and O–H groups in total. The van der Waals surface area contributed by atoms with E-state index in [9.17, 15) is 4.79 Å². The van der Waals surface area contributed by atoms with E-state index in [0.717, 1.165) is 13.0 Å². The molecule has 19 heavy (non-hydrogen) atoms. The van der Waals surface area contributed by atoms with Crippen LogP contribution in [0.2, 0.25) is 0 Å². The molecule has 2 heterocycles. The molecule has 2 atom stereocenters. The first-order valence-electron chi connectivity index (χ1n) is 6.61. The lowest BCUT2D eigenvalue weighted by Gasteiger charge is -2.24. The van der Waals surface area contributed by atoms with Crippen molar-refractivity contribution in [2.75, 3.05) is 20.2 Å². The van der Waals surface area contributed by atoms with Crippen LogP contribution in [0.1, 0.15) is 25.1 Å². The molecule has 0 bridgehead atoms. The normalized spacial score (nSPS) is 23.5. The number of hydrogen-bond donors (Lipinski definition) is 2. The van der Waals surface area contributed by atoms with Gasteiger partial charge in [-0.2, -0.15) is 0 Å². The summed E-state index contributed by atoms with van der Waals surface area (Å²) in [4.78, 5) is 13.4. The van der Waals surface area contributed by atoms with Crippen LogP contribution in [0.4, 0.5) is 0 Å². The van der Waals surface area contributed by atoms with Gasteiger partial charge in [0.05, 0.1) is 12.1 Å². The molecule has 1 saturated heterocycles. The average Bonchev–Trinajstić information content (AvgIpc) is 3.06. The molecule has 106 valence electrons. The summed E-state index contributed by atoms with van der Waals surface area (Å²) < 4.78 is 5.26. The molecule has 1 aromatic rings. The number of carbonyl (C=O) groups excluding carboxylic acids is 1. The van der Waals surface area contributed by atoms with E-state index in [1.807, 2.05) is 6.07 Å². The molecular weight excluding hydrogens is 260 g/mol. The fourth-order valence-electron chi connectivity index (χ4n) is 2.26. The zero-order chi connectivity index (χ0) is 13.9. The summed E-state index contributed by atoms with van der Waals surface area (Å²) in [5, 5.41) is 8.31. The first-order chi connectivity index (χ1) is 9.03. The Balaban J connectivity index is 1.84. The highest BCUT2D eigenvalue weighted by atomic mass is 32.1. The van der Waals surface area contributed by atoms with Crippen LogP contribution in [0.5, 0.6) is 0 Å². The Kier molecular flexibility index (Phi) is 4.60. The average molecular weight is 282 g/mol. The summed E-state index contributed by atoms with van der Waals surface area (Å²) in [7, 11) is 1.69. The molecule has 5 heteroatoms. The number of carbonyl (C=O) groups is 1. The van der Waals surface area contributed by atoms with Crippen LogP contribution in [0.3, 0.4) is 0 Å². The summed E-state index contributed by atoms with van der Waals surface area (Å²) in [6, 6.07) is 4.04. The van der Waals surface area contributed by atoms with Crippen molar-refractivity contribution in [3.8, 4) is 0 Å². The van der Waals surface area contributed by atoms with Crippen molar-refractivity contribution < 1.29 is 9.53 Å². The smallest absolute Gasteiger partial charge is 0.237 e. The number of amides is 1. The Hall–Kier alpha value is -0.910. The van der Waals surface area contributed by atoms with Crippen molar-refractivity contribution in [1.29, 1.82) is 0 Å². The summed E-state index contributed by atoms with van der Waals surface area (Å²) in [5.41, 5.74) is -0.0247. The maximum absolute atomic E-state index is 12.1. The van der Waals surface area contributed by atoms with Gasteiger partial charge in [-0.15, -0.1) is 11.3 Å². The molecular formula is C14H22N2O2S. The lowest BCUT2D eigenvalue weighted by atomic mass is 9.91. The molecule has 4 nitrogen and oxygen atoms in total. The maximum Gasteiger partial charge on any atom is 0.237 e. The quantitative estimate of drug-likeness (QED) is 0.861. The second kappa shape index (κ2) is 6.03. The Morgan fingerprint density at radius 1 is 1.63 bits per heavy atom. The minimum Gasteiger partial charge on any atom is -0.380 e. The second-order valence-corrected chi connectivity index (χ2v) is 6.58. The SMILES string of the molecule is COC1CNC(C(=O)NCC(C)(C)c2cccs2)C1. The van der Waals surface area contributed by atoms with Crippen LogP contribution in [0, 0.1) is 0 Å². The number of methoxy groups -OCH3 is 1. The minimum atomic E-state index is -0.121. The number of ether oxygens (including phenoxy) is 1. The van der Waals surface area contributed by atoms with Crippen LogP contribution in [-0.2, 0) is 14.9 Å². The second-order valence-electron chi connectivity index (χ2n) is 5.63. The van der Waals surface area contributed by atoms with Crippen molar-refractivity contribution >= 4 is 17.2 Å². The van der Waals surface area contributed by atoms with Gasteiger partial charge >= 0.3 is 0 Å². The maximum atomic E-state index is 12.1. The highest BCUT2D eigenvalue weighted by Crippen LogP contribution is 2.26. The van der Waals surface area contributed by atoms with Crippen molar-refractivity contribution in [1.82, 2.24) is 10.6 Å². The van der Waals surface area contributed by atoms with Crippen molar-refractivity contribution in [3.63, 3.8) is 0 Å². The molecule has 1 fully saturated rings. The molecule has 2 rings (SSSR count). The van der Waals surface area contributed by atoms with Gasteiger partial charge in [-0.05, 0) is 17.9 Å². The summed E-state index contributed by atoms with van der Waals surface area (Å²) in [5.74, 6) is 0.0733. The van der Waals surface area contributed by atoms with Crippen molar-refractivity contribution in [2.24, 2.45) is 0 Å². The van der Waals surface area contributed by atoms with Gasteiger partial charge in [-0.1, -0.05) is 19.9 Å². The molecule has 0 spiro atoms. The van der Waals surface area contributed by atoms with E-state index >= 15 is 0 Å². The first kappa shape index (κ1) is 14.5. The predicted octanol–water partition coefficient (Wildman–Crippen LogP) is 1.52.